The fourth-order valence-corrected chi connectivity index (χ4v) is 2.38. The Morgan fingerprint density at radius 3 is 2.68 bits per heavy atom. The highest BCUT2D eigenvalue weighted by Crippen LogP contribution is 2.23. The Bertz CT molecular complexity index is 828. The molecular formula is C19H21N3O3. The van der Waals surface area contributed by atoms with Gasteiger partial charge in [-0.15, -0.1) is 0 Å². The molecule has 6 nitrogen and oxygen atoms in total. The summed E-state index contributed by atoms with van der Waals surface area (Å²) in [6, 6.07) is 12.0. The van der Waals surface area contributed by atoms with Crippen LogP contribution in [-0.2, 0) is 0 Å². The van der Waals surface area contributed by atoms with Gasteiger partial charge >= 0.3 is 0 Å². The van der Waals surface area contributed by atoms with E-state index in [0.717, 1.165) is 6.42 Å². The number of hydrogen-bond acceptors (Lipinski definition) is 5. The van der Waals surface area contributed by atoms with Gasteiger partial charge in [0.25, 0.3) is 5.69 Å². The van der Waals surface area contributed by atoms with Gasteiger partial charge in [-0.25, -0.2) is 0 Å². The average molecular weight is 339 g/mol. The van der Waals surface area contributed by atoms with Crippen LogP contribution in [0.25, 0.3) is 5.70 Å². The number of nitro groups is 1. The number of nitrogens with two attached hydrogens (primary N) is 1. The van der Waals surface area contributed by atoms with Gasteiger partial charge in [-0.1, -0.05) is 19.1 Å². The minimum Gasteiger partial charge on any atom is -0.493 e. The molecule has 0 fully saturated rings. The van der Waals surface area contributed by atoms with Gasteiger partial charge in [0.15, 0.2) is 0 Å². The minimum absolute atomic E-state index is 0.0462. The topological polar surface area (TPSA) is 102 Å². The highest BCUT2D eigenvalue weighted by Gasteiger charge is 2.12. The molecule has 130 valence electrons. The van der Waals surface area contributed by atoms with Gasteiger partial charge in [0.05, 0.1) is 17.2 Å². The number of ether oxygens (including phenoxy) is 1. The number of rotatable bonds is 7. The van der Waals surface area contributed by atoms with Crippen LogP contribution in [0.2, 0.25) is 0 Å². The number of allylic oxidation sites excluding steroid dienone is 1. The maximum atomic E-state index is 10.9. The maximum Gasteiger partial charge on any atom is 0.272 e. The van der Waals surface area contributed by atoms with Gasteiger partial charge < -0.3 is 15.9 Å². The molecule has 0 heterocycles. The lowest BCUT2D eigenvalue weighted by molar-refractivity contribution is -0.385. The zero-order chi connectivity index (χ0) is 18.4. The van der Waals surface area contributed by atoms with Crippen LogP contribution in [0.4, 0.5) is 5.69 Å². The molecule has 0 saturated carbocycles. The van der Waals surface area contributed by atoms with E-state index in [2.05, 4.69) is 0 Å². The monoisotopic (exact) mass is 339 g/mol. The van der Waals surface area contributed by atoms with Crippen molar-refractivity contribution < 1.29 is 9.66 Å². The fraction of sp³-hybridized carbons (Fsp3) is 0.211. The van der Waals surface area contributed by atoms with E-state index in [4.69, 9.17) is 15.9 Å². The van der Waals surface area contributed by atoms with Crippen LogP contribution in [-0.4, -0.2) is 17.2 Å². The Kier molecular flexibility index (Phi) is 5.89. The molecule has 0 unspecified atom stereocenters. The van der Waals surface area contributed by atoms with E-state index in [1.807, 2.05) is 25.1 Å². The smallest absolute Gasteiger partial charge is 0.272 e. The third kappa shape index (κ3) is 4.44. The van der Waals surface area contributed by atoms with Crippen LogP contribution < -0.4 is 10.5 Å². The van der Waals surface area contributed by atoms with Crippen LogP contribution in [0.3, 0.4) is 0 Å². The first-order valence-electron chi connectivity index (χ1n) is 7.97. The third-order valence-electron chi connectivity index (χ3n) is 3.67. The lowest BCUT2D eigenvalue weighted by Gasteiger charge is -2.11. The van der Waals surface area contributed by atoms with E-state index in [1.165, 1.54) is 12.1 Å². The predicted octanol–water partition coefficient (Wildman–Crippen LogP) is 4.06. The Balaban J connectivity index is 2.29. The van der Waals surface area contributed by atoms with E-state index in [1.54, 1.807) is 25.1 Å². The van der Waals surface area contributed by atoms with Crippen LogP contribution in [0.1, 0.15) is 30.0 Å². The first-order chi connectivity index (χ1) is 11.9. The molecular weight excluding hydrogens is 318 g/mol. The first-order valence-corrected chi connectivity index (χ1v) is 7.97. The number of nitro benzene ring substituents is 1. The van der Waals surface area contributed by atoms with Crippen molar-refractivity contribution in [2.75, 3.05) is 6.61 Å². The Morgan fingerprint density at radius 1 is 1.32 bits per heavy atom. The predicted molar refractivity (Wildman–Crippen MR) is 99.1 cm³/mol. The molecule has 2 aromatic carbocycles. The van der Waals surface area contributed by atoms with Gasteiger partial charge in [0, 0.05) is 22.9 Å². The molecule has 3 N–H and O–H groups in total. The summed E-state index contributed by atoms with van der Waals surface area (Å²) in [4.78, 5) is 10.5. The average Bonchev–Trinajstić information content (AvgIpc) is 2.59. The number of benzene rings is 2. The van der Waals surface area contributed by atoms with Crippen LogP contribution in [0, 0.1) is 22.4 Å². The van der Waals surface area contributed by atoms with Crippen molar-refractivity contribution in [2.45, 2.75) is 20.3 Å². The summed E-state index contributed by atoms with van der Waals surface area (Å²) >= 11 is 0. The molecule has 0 atom stereocenters. The van der Waals surface area contributed by atoms with Crippen molar-refractivity contribution in [1.29, 1.82) is 5.41 Å². The maximum absolute atomic E-state index is 10.9. The van der Waals surface area contributed by atoms with Gasteiger partial charge in [-0.2, -0.15) is 0 Å². The molecule has 0 aliphatic heterocycles. The molecule has 25 heavy (non-hydrogen) atoms. The molecule has 0 radical (unpaired) electrons. The second kappa shape index (κ2) is 8.10. The molecule has 0 amide bonds. The van der Waals surface area contributed by atoms with Gasteiger partial charge in [-0.05, 0) is 49.2 Å². The molecule has 6 heteroatoms. The van der Waals surface area contributed by atoms with Gasteiger partial charge in [-0.3, -0.25) is 10.1 Å². The van der Waals surface area contributed by atoms with Crippen molar-refractivity contribution in [3.8, 4) is 5.75 Å². The summed E-state index contributed by atoms with van der Waals surface area (Å²) in [5, 5.41) is 19.2. The highest BCUT2D eigenvalue weighted by atomic mass is 16.6. The number of para-hydroxylation sites is 1. The molecule has 0 aromatic heterocycles. The number of nitrogens with zero attached hydrogens (tertiary/aromatic N) is 1. The van der Waals surface area contributed by atoms with Crippen molar-refractivity contribution in [2.24, 2.45) is 5.73 Å². The molecule has 0 aliphatic carbocycles. The van der Waals surface area contributed by atoms with E-state index in [-0.39, 0.29) is 11.4 Å². The van der Waals surface area contributed by atoms with Crippen molar-refractivity contribution in [3.05, 3.63) is 75.3 Å². The Hall–Kier alpha value is -3.15. The summed E-state index contributed by atoms with van der Waals surface area (Å²) in [6.07, 6.45) is 2.41. The summed E-state index contributed by atoms with van der Waals surface area (Å²) < 4.78 is 5.67. The summed E-state index contributed by atoms with van der Waals surface area (Å²) in [5.74, 6) is 0.637. The highest BCUT2D eigenvalue weighted by molar-refractivity contribution is 6.11. The van der Waals surface area contributed by atoms with Crippen LogP contribution >= 0.6 is 0 Å². The quantitative estimate of drug-likeness (QED) is 0.451. The fourth-order valence-electron chi connectivity index (χ4n) is 2.38. The Morgan fingerprint density at radius 2 is 2.04 bits per heavy atom. The minimum atomic E-state index is -0.428. The molecule has 0 bridgehead atoms. The zero-order valence-corrected chi connectivity index (χ0v) is 14.3. The summed E-state index contributed by atoms with van der Waals surface area (Å²) in [5.41, 5.74) is 8.54. The van der Waals surface area contributed by atoms with Crippen molar-refractivity contribution in [1.82, 2.24) is 0 Å². The lowest BCUT2D eigenvalue weighted by atomic mass is 10.0. The normalized spacial score (nSPS) is 11.2. The van der Waals surface area contributed by atoms with Crippen molar-refractivity contribution >= 4 is 17.1 Å². The molecule has 2 rings (SSSR count). The number of aryl methyl sites for hydroxylation is 1. The van der Waals surface area contributed by atoms with E-state index >= 15 is 0 Å². The van der Waals surface area contributed by atoms with Gasteiger partial charge in [0.1, 0.15) is 5.75 Å². The SMILES string of the molecule is CCCOc1ccccc1C(=N)/C=C(\N)c1ccc([N+](=O)[O-])c(C)c1. The first kappa shape index (κ1) is 18.2. The third-order valence-corrected chi connectivity index (χ3v) is 3.67. The molecule has 0 saturated heterocycles. The van der Waals surface area contributed by atoms with Crippen LogP contribution in [0.5, 0.6) is 5.75 Å². The van der Waals surface area contributed by atoms with E-state index < -0.39 is 4.92 Å². The van der Waals surface area contributed by atoms with Gasteiger partial charge in [0.2, 0.25) is 0 Å². The lowest BCUT2D eigenvalue weighted by Crippen LogP contribution is -2.06. The number of hydrogen-bond donors (Lipinski definition) is 2. The second-order valence-electron chi connectivity index (χ2n) is 5.62. The van der Waals surface area contributed by atoms with Crippen molar-refractivity contribution in [3.63, 3.8) is 0 Å². The molecule has 0 spiro atoms. The number of nitrogens with one attached hydrogen (secondary N) is 1. The summed E-state index contributed by atoms with van der Waals surface area (Å²) in [6.45, 7) is 4.25. The zero-order valence-electron chi connectivity index (χ0n) is 14.3. The summed E-state index contributed by atoms with van der Waals surface area (Å²) in [7, 11) is 0. The Labute approximate surface area is 146 Å². The van der Waals surface area contributed by atoms with E-state index in [0.29, 0.717) is 34.7 Å². The molecule has 2 aromatic rings. The van der Waals surface area contributed by atoms with E-state index in [9.17, 15) is 10.1 Å². The standard InChI is InChI=1S/C19H21N3O3/c1-3-10-25-19-7-5-4-6-15(19)17(21)12-16(20)14-8-9-18(22(23)24)13(2)11-14/h4-9,11-12,21H,3,10,20H2,1-2H3/b16-12-,21-17?. The molecule has 0 aliphatic rings. The largest absolute Gasteiger partial charge is 0.493 e. The second-order valence-corrected chi connectivity index (χ2v) is 5.62. The van der Waals surface area contributed by atoms with Crippen LogP contribution in [0.15, 0.2) is 48.5 Å².